The maximum absolute atomic E-state index is 13.4. The van der Waals surface area contributed by atoms with E-state index >= 15 is 0 Å². The van der Waals surface area contributed by atoms with Crippen molar-refractivity contribution in [2.75, 3.05) is 47.4 Å². The Bertz CT molecular complexity index is 1260. The van der Waals surface area contributed by atoms with Crippen LogP contribution in [0.2, 0.25) is 0 Å². The number of benzene rings is 3. The minimum atomic E-state index is -3.88. The third-order valence-corrected chi connectivity index (χ3v) is 7.66. The Labute approximate surface area is 198 Å². The van der Waals surface area contributed by atoms with Crippen LogP contribution in [0.4, 0.5) is 17.1 Å². The number of amides is 1. The summed E-state index contributed by atoms with van der Waals surface area (Å²) >= 11 is 0. The number of morpholine rings is 1. The van der Waals surface area contributed by atoms with Crippen LogP contribution < -0.4 is 19.3 Å². The van der Waals surface area contributed by atoms with Crippen molar-refractivity contribution in [1.82, 2.24) is 0 Å². The van der Waals surface area contributed by atoms with E-state index < -0.39 is 22.0 Å². The second-order valence-corrected chi connectivity index (χ2v) is 9.92. The largest absolute Gasteiger partial charge is 0.476 e. The molecule has 0 spiro atoms. The Hall–Kier alpha value is -3.56. The summed E-state index contributed by atoms with van der Waals surface area (Å²) in [5.74, 6) is -0.0713. The summed E-state index contributed by atoms with van der Waals surface area (Å²) in [4.78, 5) is 15.5. The van der Waals surface area contributed by atoms with Crippen LogP contribution >= 0.6 is 0 Å². The molecule has 3 aromatic rings. The third kappa shape index (κ3) is 4.44. The van der Waals surface area contributed by atoms with Gasteiger partial charge in [-0.05, 0) is 48.5 Å². The summed E-state index contributed by atoms with van der Waals surface area (Å²) in [6, 6.07) is 22.6. The molecule has 34 heavy (non-hydrogen) atoms. The van der Waals surface area contributed by atoms with E-state index in [-0.39, 0.29) is 11.4 Å². The molecule has 3 aromatic carbocycles. The quantitative estimate of drug-likeness (QED) is 0.605. The minimum Gasteiger partial charge on any atom is -0.476 e. The SMILES string of the molecule is O=C(Nc1ccc(N2CCOCC2)cc1)[C@@H]1CN(S(=O)(=O)c2ccccc2)c2ccccc2O1. The number of ether oxygens (including phenoxy) is 2. The molecule has 0 aliphatic carbocycles. The van der Waals surface area contributed by atoms with Crippen LogP contribution in [0, 0.1) is 0 Å². The average Bonchev–Trinajstić information content (AvgIpc) is 2.89. The van der Waals surface area contributed by atoms with Gasteiger partial charge in [-0.1, -0.05) is 30.3 Å². The highest BCUT2D eigenvalue weighted by molar-refractivity contribution is 7.92. The lowest BCUT2D eigenvalue weighted by atomic mass is 10.2. The molecular weight excluding hydrogens is 454 g/mol. The lowest BCUT2D eigenvalue weighted by Crippen LogP contribution is -2.48. The molecule has 9 heteroatoms. The van der Waals surface area contributed by atoms with Crippen molar-refractivity contribution in [3.63, 3.8) is 0 Å². The molecule has 2 aliphatic rings. The van der Waals surface area contributed by atoms with Crippen LogP contribution in [0.25, 0.3) is 0 Å². The number of rotatable bonds is 5. The molecule has 0 bridgehead atoms. The Morgan fingerprint density at radius 3 is 2.29 bits per heavy atom. The number of sulfonamides is 1. The van der Waals surface area contributed by atoms with Gasteiger partial charge >= 0.3 is 0 Å². The van der Waals surface area contributed by atoms with Gasteiger partial charge in [0.25, 0.3) is 15.9 Å². The molecular formula is C25H25N3O5S. The Morgan fingerprint density at radius 1 is 0.882 bits per heavy atom. The highest BCUT2D eigenvalue weighted by atomic mass is 32.2. The Morgan fingerprint density at radius 2 is 1.56 bits per heavy atom. The summed E-state index contributed by atoms with van der Waals surface area (Å²) in [5.41, 5.74) is 2.08. The molecule has 0 unspecified atom stereocenters. The Kier molecular flexibility index (Phi) is 6.12. The minimum absolute atomic E-state index is 0.133. The number of hydrogen-bond acceptors (Lipinski definition) is 6. The molecule has 5 rings (SSSR count). The van der Waals surface area contributed by atoms with Gasteiger partial charge in [-0.3, -0.25) is 9.10 Å². The second kappa shape index (κ2) is 9.36. The van der Waals surface area contributed by atoms with E-state index in [2.05, 4.69) is 10.2 Å². The number of fused-ring (bicyclic) bond motifs is 1. The normalized spacial score (nSPS) is 18.1. The Balaban J connectivity index is 1.35. The van der Waals surface area contributed by atoms with Gasteiger partial charge in [0, 0.05) is 24.5 Å². The number of nitrogens with one attached hydrogen (secondary N) is 1. The molecule has 1 N–H and O–H groups in total. The van der Waals surface area contributed by atoms with Crippen LogP contribution in [-0.2, 0) is 19.6 Å². The van der Waals surface area contributed by atoms with Crippen LogP contribution in [-0.4, -0.2) is 53.3 Å². The van der Waals surface area contributed by atoms with E-state index in [1.807, 2.05) is 24.3 Å². The molecule has 1 atom stereocenters. The number of hydrogen-bond donors (Lipinski definition) is 1. The number of para-hydroxylation sites is 2. The van der Waals surface area contributed by atoms with Gasteiger partial charge in [0.15, 0.2) is 6.10 Å². The van der Waals surface area contributed by atoms with Gasteiger partial charge in [-0.2, -0.15) is 0 Å². The van der Waals surface area contributed by atoms with Crippen molar-refractivity contribution in [3.05, 3.63) is 78.9 Å². The van der Waals surface area contributed by atoms with E-state index in [0.717, 1.165) is 18.8 Å². The predicted octanol–water partition coefficient (Wildman–Crippen LogP) is 3.12. The van der Waals surface area contributed by atoms with Gasteiger partial charge in [-0.25, -0.2) is 8.42 Å². The van der Waals surface area contributed by atoms with E-state index in [1.54, 1.807) is 54.6 Å². The number of nitrogens with zero attached hydrogens (tertiary/aromatic N) is 2. The van der Waals surface area contributed by atoms with Crippen molar-refractivity contribution >= 4 is 33.0 Å². The van der Waals surface area contributed by atoms with Gasteiger partial charge < -0.3 is 19.7 Å². The highest BCUT2D eigenvalue weighted by Crippen LogP contribution is 2.37. The summed E-state index contributed by atoms with van der Waals surface area (Å²) in [5, 5.41) is 2.86. The molecule has 1 saturated heterocycles. The van der Waals surface area contributed by atoms with Crippen molar-refractivity contribution in [3.8, 4) is 5.75 Å². The first-order valence-corrected chi connectivity index (χ1v) is 12.5. The molecule has 2 heterocycles. The standard InChI is InChI=1S/C25H25N3O5S/c29-25(26-19-10-12-20(13-11-19)27-14-16-32-17-15-27)24-18-28(22-8-4-5-9-23(22)33-24)34(30,31)21-6-2-1-3-7-21/h1-13,24H,14-18H2,(H,26,29)/t24-/m0/s1. The number of carbonyl (C=O) groups is 1. The van der Waals surface area contributed by atoms with E-state index in [4.69, 9.17) is 9.47 Å². The average molecular weight is 480 g/mol. The first-order chi connectivity index (χ1) is 16.5. The number of carbonyl (C=O) groups excluding carboxylic acids is 1. The zero-order valence-corrected chi connectivity index (χ0v) is 19.3. The zero-order chi connectivity index (χ0) is 23.5. The monoisotopic (exact) mass is 479 g/mol. The fourth-order valence-corrected chi connectivity index (χ4v) is 5.58. The van der Waals surface area contributed by atoms with E-state index in [1.165, 1.54) is 4.31 Å². The van der Waals surface area contributed by atoms with E-state index in [9.17, 15) is 13.2 Å². The fourth-order valence-electron chi connectivity index (χ4n) is 4.09. The molecule has 0 aromatic heterocycles. The lowest BCUT2D eigenvalue weighted by Gasteiger charge is -2.34. The van der Waals surface area contributed by atoms with Gasteiger partial charge in [0.05, 0.1) is 30.3 Å². The van der Waals surface area contributed by atoms with Crippen LogP contribution in [0.1, 0.15) is 0 Å². The topological polar surface area (TPSA) is 88.2 Å². The van der Waals surface area contributed by atoms with Crippen molar-refractivity contribution in [2.45, 2.75) is 11.0 Å². The fraction of sp³-hybridized carbons (Fsp3) is 0.240. The molecule has 0 saturated carbocycles. The highest BCUT2D eigenvalue weighted by Gasteiger charge is 2.37. The third-order valence-electron chi connectivity index (χ3n) is 5.87. The molecule has 176 valence electrons. The molecule has 0 radical (unpaired) electrons. The summed E-state index contributed by atoms with van der Waals surface area (Å²) < 4.78 is 39.3. The molecule has 2 aliphatic heterocycles. The maximum atomic E-state index is 13.4. The smallest absolute Gasteiger partial charge is 0.267 e. The van der Waals surface area contributed by atoms with Gasteiger partial charge in [0.2, 0.25) is 0 Å². The lowest BCUT2D eigenvalue weighted by molar-refractivity contribution is -0.122. The summed E-state index contributed by atoms with van der Waals surface area (Å²) in [6.45, 7) is 2.91. The van der Waals surface area contributed by atoms with Crippen LogP contribution in [0.15, 0.2) is 83.8 Å². The van der Waals surface area contributed by atoms with Crippen molar-refractivity contribution in [2.24, 2.45) is 0 Å². The van der Waals surface area contributed by atoms with Crippen LogP contribution in [0.5, 0.6) is 5.75 Å². The summed E-state index contributed by atoms with van der Waals surface area (Å²) in [7, 11) is -3.88. The molecule has 1 fully saturated rings. The zero-order valence-electron chi connectivity index (χ0n) is 18.5. The maximum Gasteiger partial charge on any atom is 0.267 e. The van der Waals surface area contributed by atoms with Crippen molar-refractivity contribution < 1.29 is 22.7 Å². The molecule has 1 amide bonds. The van der Waals surface area contributed by atoms with Gasteiger partial charge in [0.1, 0.15) is 5.75 Å². The first kappa shape index (κ1) is 22.2. The van der Waals surface area contributed by atoms with E-state index in [0.29, 0.717) is 30.3 Å². The van der Waals surface area contributed by atoms with Crippen molar-refractivity contribution in [1.29, 1.82) is 0 Å². The second-order valence-electron chi connectivity index (χ2n) is 8.06. The number of anilines is 3. The molecule has 8 nitrogen and oxygen atoms in total. The first-order valence-electron chi connectivity index (χ1n) is 11.1. The van der Waals surface area contributed by atoms with Crippen LogP contribution in [0.3, 0.4) is 0 Å². The summed E-state index contributed by atoms with van der Waals surface area (Å²) in [6.07, 6.45) is -1.01. The van der Waals surface area contributed by atoms with Gasteiger partial charge in [-0.15, -0.1) is 0 Å². The predicted molar refractivity (Wildman–Crippen MR) is 130 cm³/mol.